The molecule has 0 aromatic heterocycles. The maximum atomic E-state index is 11.5. The molecule has 1 nitrogen and oxygen atoms in total. The van der Waals surface area contributed by atoms with Crippen molar-refractivity contribution in [1.82, 2.24) is 0 Å². The van der Waals surface area contributed by atoms with Gasteiger partial charge in [0.2, 0.25) is 5.78 Å². The van der Waals surface area contributed by atoms with E-state index in [4.69, 9.17) is 7.85 Å². The number of alkyl halides is 3. The van der Waals surface area contributed by atoms with E-state index in [-0.39, 0.29) is 0 Å². The molecule has 0 aromatic carbocycles. The van der Waals surface area contributed by atoms with Crippen molar-refractivity contribution >= 4 is 13.6 Å². The normalized spacial score (nSPS) is 14.5. The number of rotatable bonds is 3. The van der Waals surface area contributed by atoms with E-state index >= 15 is 0 Å². The van der Waals surface area contributed by atoms with Crippen molar-refractivity contribution in [3.05, 3.63) is 0 Å². The van der Waals surface area contributed by atoms with E-state index in [0.29, 0.717) is 6.42 Å². The zero-order valence-corrected chi connectivity index (χ0v) is 6.11. The zero-order chi connectivity index (χ0) is 9.07. The second-order valence-corrected chi connectivity index (χ2v) is 2.29. The monoisotopic (exact) mass is 164 g/mol. The van der Waals surface area contributed by atoms with Crippen molar-refractivity contribution < 1.29 is 18.0 Å². The number of hydrogen-bond donors (Lipinski definition) is 0. The van der Waals surface area contributed by atoms with Gasteiger partial charge in [0.1, 0.15) is 0 Å². The van der Waals surface area contributed by atoms with Gasteiger partial charge < -0.3 is 0 Å². The van der Waals surface area contributed by atoms with Crippen molar-refractivity contribution in [3.63, 3.8) is 0 Å². The Labute approximate surface area is 64.4 Å². The molecule has 0 aliphatic rings. The number of carbonyl (C=O) groups is 1. The van der Waals surface area contributed by atoms with Crippen LogP contribution in [0.4, 0.5) is 13.2 Å². The predicted octanol–water partition coefficient (Wildman–Crippen LogP) is 1.87. The average molecular weight is 164 g/mol. The molecule has 0 aliphatic heterocycles. The largest absolute Gasteiger partial charge is 0.449 e. The summed E-state index contributed by atoms with van der Waals surface area (Å²) < 4.78 is 34.6. The van der Waals surface area contributed by atoms with Gasteiger partial charge in [0, 0.05) is 6.42 Å². The standard InChI is InChI=1S/C6H8BF3O/c1-2-4(7)3-5(11)6(8,9)10/h4H,2-3H2,1H3. The van der Waals surface area contributed by atoms with Crippen molar-refractivity contribution in [3.8, 4) is 0 Å². The molecule has 2 radical (unpaired) electrons. The molecule has 0 N–H and O–H groups in total. The summed E-state index contributed by atoms with van der Waals surface area (Å²) in [6, 6.07) is 0. The van der Waals surface area contributed by atoms with Crippen molar-refractivity contribution in [2.45, 2.75) is 31.8 Å². The van der Waals surface area contributed by atoms with Crippen LogP contribution < -0.4 is 0 Å². The smallest absolute Gasteiger partial charge is 0.290 e. The van der Waals surface area contributed by atoms with Crippen LogP contribution in [0, 0.1) is 0 Å². The quantitative estimate of drug-likeness (QED) is 0.581. The lowest BCUT2D eigenvalue weighted by molar-refractivity contribution is -0.171. The first-order valence-electron chi connectivity index (χ1n) is 3.23. The summed E-state index contributed by atoms with van der Waals surface area (Å²) in [5.41, 5.74) is 0. The Morgan fingerprint density at radius 3 is 2.27 bits per heavy atom. The van der Waals surface area contributed by atoms with Gasteiger partial charge in [-0.2, -0.15) is 13.2 Å². The van der Waals surface area contributed by atoms with Crippen molar-refractivity contribution in [2.24, 2.45) is 0 Å². The van der Waals surface area contributed by atoms with Crippen LogP contribution in [0.5, 0.6) is 0 Å². The maximum absolute atomic E-state index is 11.5. The molecule has 0 aromatic rings. The number of halogens is 3. The van der Waals surface area contributed by atoms with Crippen LogP contribution in [0.3, 0.4) is 0 Å². The molecule has 1 atom stereocenters. The lowest BCUT2D eigenvalue weighted by atomic mass is 9.81. The molecule has 0 fully saturated rings. The number of ketones is 1. The maximum Gasteiger partial charge on any atom is 0.449 e. The van der Waals surface area contributed by atoms with Gasteiger partial charge in [0.25, 0.3) is 0 Å². The third kappa shape index (κ3) is 4.06. The van der Waals surface area contributed by atoms with Crippen LogP contribution in [0.2, 0.25) is 5.82 Å². The van der Waals surface area contributed by atoms with E-state index in [1.807, 2.05) is 0 Å². The van der Waals surface area contributed by atoms with E-state index < -0.39 is 24.2 Å². The van der Waals surface area contributed by atoms with Gasteiger partial charge in [-0.1, -0.05) is 19.2 Å². The van der Waals surface area contributed by atoms with Crippen molar-refractivity contribution in [1.29, 1.82) is 0 Å². The fraction of sp³-hybridized carbons (Fsp3) is 0.833. The highest BCUT2D eigenvalue weighted by atomic mass is 19.4. The zero-order valence-electron chi connectivity index (χ0n) is 6.11. The first-order valence-corrected chi connectivity index (χ1v) is 3.23. The Bertz CT molecular complexity index is 143. The highest BCUT2D eigenvalue weighted by Gasteiger charge is 2.37. The third-order valence-electron chi connectivity index (χ3n) is 1.29. The first kappa shape index (κ1) is 10.5. The van der Waals surface area contributed by atoms with Gasteiger partial charge in [-0.25, -0.2) is 0 Å². The molecule has 0 saturated heterocycles. The molecular formula is C6H8BF3O. The minimum atomic E-state index is -4.73. The summed E-state index contributed by atoms with van der Waals surface area (Å²) >= 11 is 0. The van der Waals surface area contributed by atoms with E-state index in [1.165, 1.54) is 0 Å². The van der Waals surface area contributed by atoms with E-state index in [0.717, 1.165) is 0 Å². The summed E-state index contributed by atoms with van der Waals surface area (Å²) in [4.78, 5) is 10.2. The van der Waals surface area contributed by atoms with Crippen LogP contribution in [-0.2, 0) is 4.79 Å². The lowest BCUT2D eigenvalue weighted by Crippen LogP contribution is -2.23. The average Bonchev–Trinajstić information content (AvgIpc) is 1.85. The van der Waals surface area contributed by atoms with Crippen LogP contribution in [0.25, 0.3) is 0 Å². The second-order valence-electron chi connectivity index (χ2n) is 2.29. The summed E-state index contributed by atoms with van der Waals surface area (Å²) in [6.45, 7) is 1.63. The molecule has 1 unspecified atom stereocenters. The number of hydrogen-bond acceptors (Lipinski definition) is 1. The van der Waals surface area contributed by atoms with E-state index in [2.05, 4.69) is 0 Å². The fourth-order valence-corrected chi connectivity index (χ4v) is 0.498. The van der Waals surface area contributed by atoms with Gasteiger partial charge in [0.05, 0.1) is 7.85 Å². The van der Waals surface area contributed by atoms with Crippen molar-refractivity contribution in [2.75, 3.05) is 0 Å². The first-order chi connectivity index (χ1) is 4.88. The Morgan fingerprint density at radius 2 is 2.00 bits per heavy atom. The van der Waals surface area contributed by atoms with Crippen LogP contribution in [0.15, 0.2) is 0 Å². The van der Waals surface area contributed by atoms with Gasteiger partial charge >= 0.3 is 6.18 Å². The minimum Gasteiger partial charge on any atom is -0.290 e. The summed E-state index contributed by atoms with van der Waals surface area (Å²) in [5.74, 6) is -2.42. The molecule has 0 heterocycles. The predicted molar refractivity (Wildman–Crippen MR) is 35.5 cm³/mol. The molecule has 0 bridgehead atoms. The molecule has 5 heteroatoms. The van der Waals surface area contributed by atoms with Gasteiger partial charge in [-0.15, -0.1) is 0 Å². The summed E-state index contributed by atoms with van der Waals surface area (Å²) in [6.07, 6.45) is -4.96. The Kier molecular flexibility index (Phi) is 3.62. The number of carbonyl (C=O) groups excluding carboxylic acids is 1. The molecule has 0 spiro atoms. The van der Waals surface area contributed by atoms with Crippen LogP contribution in [-0.4, -0.2) is 19.8 Å². The highest BCUT2D eigenvalue weighted by molar-refractivity contribution is 6.13. The molecular weight excluding hydrogens is 156 g/mol. The second kappa shape index (κ2) is 3.78. The SMILES string of the molecule is [B]C(CC)CC(=O)C(F)(F)F. The lowest BCUT2D eigenvalue weighted by Gasteiger charge is -2.08. The molecule has 62 valence electrons. The summed E-state index contributed by atoms with van der Waals surface area (Å²) in [5, 5.41) is 0. The molecule has 0 saturated carbocycles. The van der Waals surface area contributed by atoms with E-state index in [1.54, 1.807) is 6.92 Å². The molecule has 0 amide bonds. The van der Waals surface area contributed by atoms with E-state index in [9.17, 15) is 18.0 Å². The van der Waals surface area contributed by atoms with Crippen LogP contribution in [0.1, 0.15) is 19.8 Å². The van der Waals surface area contributed by atoms with Gasteiger partial charge in [0.15, 0.2) is 0 Å². The highest BCUT2D eigenvalue weighted by Crippen LogP contribution is 2.22. The Morgan fingerprint density at radius 1 is 1.55 bits per heavy atom. The van der Waals surface area contributed by atoms with Gasteiger partial charge in [-0.05, 0) is 0 Å². The molecule has 0 rings (SSSR count). The third-order valence-corrected chi connectivity index (χ3v) is 1.29. The summed E-state index contributed by atoms with van der Waals surface area (Å²) in [7, 11) is 5.15. The minimum absolute atomic E-state index is 0.377. The Balaban J connectivity index is 3.88. The molecule has 0 aliphatic carbocycles. The fourth-order valence-electron chi connectivity index (χ4n) is 0.498. The topological polar surface area (TPSA) is 17.1 Å². The number of Topliss-reactive ketones (excluding diaryl/α,β-unsaturated/α-hetero) is 1. The Hall–Kier alpha value is -0.475. The van der Waals surface area contributed by atoms with Crippen LogP contribution >= 0.6 is 0 Å². The van der Waals surface area contributed by atoms with Gasteiger partial charge in [-0.3, -0.25) is 4.79 Å². The molecule has 11 heavy (non-hydrogen) atoms.